The molecule has 0 unspecified atom stereocenters. The zero-order chi connectivity index (χ0) is 17.7. The number of halogens is 2. The Labute approximate surface area is 148 Å². The van der Waals surface area contributed by atoms with E-state index in [9.17, 15) is 9.59 Å². The van der Waals surface area contributed by atoms with Crippen LogP contribution in [-0.2, 0) is 9.53 Å². The van der Waals surface area contributed by atoms with E-state index in [0.29, 0.717) is 21.6 Å². The molecule has 1 heterocycles. The van der Waals surface area contributed by atoms with Gasteiger partial charge in [-0.3, -0.25) is 4.79 Å². The number of hydrogen-bond acceptors (Lipinski definition) is 5. The van der Waals surface area contributed by atoms with E-state index in [2.05, 4.69) is 10.3 Å². The lowest BCUT2D eigenvalue weighted by molar-refractivity contribution is -0.123. The van der Waals surface area contributed by atoms with Crippen molar-refractivity contribution in [3.05, 3.63) is 52.1 Å². The number of carbonyl (C=O) groups excluding carboxylic acids is 2. The maximum absolute atomic E-state index is 12.2. The molecule has 1 aromatic carbocycles. The molecule has 8 heteroatoms. The summed E-state index contributed by atoms with van der Waals surface area (Å²) >= 11 is 11.6. The Hall–Kier alpha value is -2.31. The predicted molar refractivity (Wildman–Crippen MR) is 90.8 cm³/mol. The number of benzene rings is 1. The SMILES string of the molecule is COc1ccc(Cl)cc1C(=O)O[C@@H](C)C(=O)Nc1ccc(Cl)cn1. The Morgan fingerprint density at radius 1 is 1.17 bits per heavy atom. The lowest BCUT2D eigenvalue weighted by Gasteiger charge is -2.14. The number of hydrogen-bond donors (Lipinski definition) is 1. The first-order valence-corrected chi connectivity index (χ1v) is 7.63. The number of rotatable bonds is 5. The summed E-state index contributed by atoms with van der Waals surface area (Å²) < 4.78 is 10.2. The van der Waals surface area contributed by atoms with Crippen LogP contribution in [0.25, 0.3) is 0 Å². The molecule has 0 spiro atoms. The Kier molecular flexibility index (Phi) is 6.00. The van der Waals surface area contributed by atoms with E-state index in [1.807, 2.05) is 0 Å². The van der Waals surface area contributed by atoms with Gasteiger partial charge in [0, 0.05) is 11.2 Å². The van der Waals surface area contributed by atoms with Crippen LogP contribution in [0, 0.1) is 0 Å². The number of nitrogens with one attached hydrogen (secondary N) is 1. The van der Waals surface area contributed by atoms with E-state index >= 15 is 0 Å². The van der Waals surface area contributed by atoms with Crippen LogP contribution in [0.3, 0.4) is 0 Å². The van der Waals surface area contributed by atoms with E-state index in [1.54, 1.807) is 18.2 Å². The molecule has 1 N–H and O–H groups in total. The van der Waals surface area contributed by atoms with Gasteiger partial charge in [0.25, 0.3) is 5.91 Å². The molecular weight excluding hydrogens is 355 g/mol. The molecule has 24 heavy (non-hydrogen) atoms. The van der Waals surface area contributed by atoms with Crippen molar-refractivity contribution in [2.75, 3.05) is 12.4 Å². The normalized spacial score (nSPS) is 11.5. The fourth-order valence-electron chi connectivity index (χ4n) is 1.79. The van der Waals surface area contributed by atoms with E-state index in [0.717, 1.165) is 0 Å². The number of anilines is 1. The summed E-state index contributed by atoms with van der Waals surface area (Å²) in [6.07, 6.45) is 0.351. The van der Waals surface area contributed by atoms with Gasteiger partial charge >= 0.3 is 5.97 Å². The average Bonchev–Trinajstić information content (AvgIpc) is 2.56. The number of aromatic nitrogens is 1. The molecule has 2 aromatic rings. The van der Waals surface area contributed by atoms with Gasteiger partial charge in [-0.15, -0.1) is 0 Å². The molecule has 0 aliphatic rings. The highest BCUT2D eigenvalue weighted by molar-refractivity contribution is 6.31. The van der Waals surface area contributed by atoms with Crippen molar-refractivity contribution in [1.82, 2.24) is 4.98 Å². The van der Waals surface area contributed by atoms with Crippen LogP contribution in [0.4, 0.5) is 5.82 Å². The number of nitrogens with zero attached hydrogens (tertiary/aromatic N) is 1. The van der Waals surface area contributed by atoms with Gasteiger partial charge in [-0.05, 0) is 37.3 Å². The van der Waals surface area contributed by atoms with Crippen molar-refractivity contribution in [1.29, 1.82) is 0 Å². The topological polar surface area (TPSA) is 77.5 Å². The number of methoxy groups -OCH3 is 1. The number of carbonyl (C=O) groups is 2. The predicted octanol–water partition coefficient (Wildman–Crippen LogP) is 3.58. The summed E-state index contributed by atoms with van der Waals surface area (Å²) in [5, 5.41) is 3.32. The fraction of sp³-hybridized carbons (Fsp3) is 0.188. The summed E-state index contributed by atoms with van der Waals surface area (Å²) in [5.41, 5.74) is 0.134. The highest BCUT2D eigenvalue weighted by atomic mass is 35.5. The van der Waals surface area contributed by atoms with Crippen molar-refractivity contribution >= 4 is 40.9 Å². The number of esters is 1. The standard InChI is InChI=1S/C16H14Cl2N2O4/c1-9(15(21)20-14-6-4-11(18)8-19-14)24-16(22)12-7-10(17)3-5-13(12)23-2/h3-9H,1-2H3,(H,19,20,21)/t9-/m0/s1. The fourth-order valence-corrected chi connectivity index (χ4v) is 2.08. The number of amides is 1. The zero-order valence-electron chi connectivity index (χ0n) is 12.9. The summed E-state index contributed by atoms with van der Waals surface area (Å²) in [7, 11) is 1.42. The molecule has 1 aromatic heterocycles. The molecule has 0 aliphatic carbocycles. The molecule has 0 fully saturated rings. The minimum atomic E-state index is -1.04. The smallest absolute Gasteiger partial charge is 0.342 e. The van der Waals surface area contributed by atoms with Crippen LogP contribution in [-0.4, -0.2) is 30.1 Å². The van der Waals surface area contributed by atoms with Crippen molar-refractivity contribution < 1.29 is 19.1 Å². The van der Waals surface area contributed by atoms with Crippen LogP contribution in [0.5, 0.6) is 5.75 Å². The third-order valence-electron chi connectivity index (χ3n) is 3.01. The molecule has 0 saturated carbocycles. The van der Waals surface area contributed by atoms with Crippen LogP contribution >= 0.6 is 23.2 Å². The number of ether oxygens (including phenoxy) is 2. The van der Waals surface area contributed by atoms with E-state index in [1.165, 1.54) is 32.4 Å². The average molecular weight is 369 g/mol. The molecular formula is C16H14Cl2N2O4. The summed E-state index contributed by atoms with van der Waals surface area (Å²) in [5.74, 6) is -0.649. The number of pyridine rings is 1. The second-order valence-corrected chi connectivity index (χ2v) is 5.62. The zero-order valence-corrected chi connectivity index (χ0v) is 14.4. The lowest BCUT2D eigenvalue weighted by Crippen LogP contribution is -2.30. The summed E-state index contributed by atoms with van der Waals surface area (Å²) in [6.45, 7) is 1.44. The highest BCUT2D eigenvalue weighted by Gasteiger charge is 2.22. The van der Waals surface area contributed by atoms with Crippen LogP contribution in [0.15, 0.2) is 36.5 Å². The van der Waals surface area contributed by atoms with Crippen molar-refractivity contribution in [3.63, 3.8) is 0 Å². The quantitative estimate of drug-likeness (QED) is 0.816. The van der Waals surface area contributed by atoms with E-state index in [-0.39, 0.29) is 5.56 Å². The first-order chi connectivity index (χ1) is 11.4. The molecule has 126 valence electrons. The van der Waals surface area contributed by atoms with E-state index in [4.69, 9.17) is 32.7 Å². The molecule has 0 saturated heterocycles. The first kappa shape index (κ1) is 18.0. The second kappa shape index (κ2) is 7.99. The van der Waals surface area contributed by atoms with Crippen LogP contribution in [0.2, 0.25) is 10.0 Å². The summed E-state index contributed by atoms with van der Waals surface area (Å²) in [4.78, 5) is 28.2. The van der Waals surface area contributed by atoms with Gasteiger partial charge in [0.15, 0.2) is 6.10 Å². The molecule has 0 radical (unpaired) electrons. The van der Waals surface area contributed by atoms with E-state index < -0.39 is 18.0 Å². The van der Waals surface area contributed by atoms with Crippen molar-refractivity contribution in [2.45, 2.75) is 13.0 Å². The second-order valence-electron chi connectivity index (χ2n) is 4.74. The largest absolute Gasteiger partial charge is 0.496 e. The van der Waals surface area contributed by atoms with Crippen LogP contribution < -0.4 is 10.1 Å². The molecule has 2 rings (SSSR count). The highest BCUT2D eigenvalue weighted by Crippen LogP contribution is 2.24. The minimum absolute atomic E-state index is 0.134. The van der Waals surface area contributed by atoms with Gasteiger partial charge in [-0.2, -0.15) is 0 Å². The Balaban J connectivity index is 2.04. The Morgan fingerprint density at radius 2 is 1.88 bits per heavy atom. The molecule has 6 nitrogen and oxygen atoms in total. The maximum atomic E-state index is 12.2. The third kappa shape index (κ3) is 4.59. The molecule has 1 amide bonds. The monoisotopic (exact) mass is 368 g/mol. The van der Waals surface area contributed by atoms with Gasteiger partial charge < -0.3 is 14.8 Å². The first-order valence-electron chi connectivity index (χ1n) is 6.87. The lowest BCUT2D eigenvalue weighted by atomic mass is 10.2. The van der Waals surface area contributed by atoms with Gasteiger partial charge in [0.2, 0.25) is 0 Å². The Bertz CT molecular complexity index is 750. The molecule has 0 bridgehead atoms. The van der Waals surface area contributed by atoms with Gasteiger partial charge in [-0.25, -0.2) is 9.78 Å². The van der Waals surface area contributed by atoms with Gasteiger partial charge in [-0.1, -0.05) is 23.2 Å². The molecule has 1 atom stereocenters. The van der Waals surface area contributed by atoms with Crippen LogP contribution in [0.1, 0.15) is 17.3 Å². The van der Waals surface area contributed by atoms with Gasteiger partial charge in [0.1, 0.15) is 17.1 Å². The van der Waals surface area contributed by atoms with Gasteiger partial charge in [0.05, 0.1) is 12.1 Å². The van der Waals surface area contributed by atoms with Crippen molar-refractivity contribution in [3.8, 4) is 5.75 Å². The third-order valence-corrected chi connectivity index (χ3v) is 3.47. The summed E-state index contributed by atoms with van der Waals surface area (Å²) in [6, 6.07) is 7.65. The minimum Gasteiger partial charge on any atom is -0.496 e. The Morgan fingerprint density at radius 3 is 2.50 bits per heavy atom. The maximum Gasteiger partial charge on any atom is 0.342 e. The molecule has 0 aliphatic heterocycles. The van der Waals surface area contributed by atoms with Crippen molar-refractivity contribution in [2.24, 2.45) is 0 Å².